The monoisotopic (exact) mass is 465 g/mol. The van der Waals surface area contributed by atoms with Gasteiger partial charge >= 0.3 is 0 Å². The Labute approximate surface area is 181 Å². The second-order valence-electron chi connectivity index (χ2n) is 7.46. The van der Waals surface area contributed by atoms with Crippen LogP contribution in [0, 0.1) is 5.92 Å². The van der Waals surface area contributed by atoms with Gasteiger partial charge in [0.15, 0.2) is 21.3 Å². The van der Waals surface area contributed by atoms with Crippen LogP contribution in [0.3, 0.4) is 0 Å². The molecule has 0 saturated carbocycles. The Balaban J connectivity index is 1.41. The number of hydrogen-bond donors (Lipinski definition) is 0. The van der Waals surface area contributed by atoms with Crippen molar-refractivity contribution in [2.75, 3.05) is 25.8 Å². The van der Waals surface area contributed by atoms with E-state index in [-0.39, 0.29) is 28.3 Å². The molecule has 0 spiro atoms. The molecule has 2 aromatic carbocycles. The van der Waals surface area contributed by atoms with Crippen molar-refractivity contribution in [1.82, 2.24) is 0 Å². The molecule has 2 aliphatic heterocycles. The van der Waals surface area contributed by atoms with E-state index in [0.29, 0.717) is 44.0 Å². The number of sulfonamides is 1. The fraction of sp³-hybridized carbons (Fsp3) is 0.381. The first kappa shape index (κ1) is 21.8. The van der Waals surface area contributed by atoms with Crippen molar-refractivity contribution in [3.8, 4) is 11.5 Å². The zero-order chi connectivity index (χ0) is 21.9. The number of nitrogens with zero attached hydrogens (tertiary/aromatic N) is 1. The number of fused-ring (bicyclic) bond motifs is 1. The average Bonchev–Trinajstić information content (AvgIpc) is 3.22. The first-order chi connectivity index (χ1) is 14.8. The fourth-order valence-corrected chi connectivity index (χ4v) is 6.08. The summed E-state index contributed by atoms with van der Waals surface area (Å²) in [7, 11) is -7.42. The average molecular weight is 466 g/mol. The van der Waals surface area contributed by atoms with Crippen molar-refractivity contribution in [2.24, 2.45) is 10.3 Å². The van der Waals surface area contributed by atoms with Crippen LogP contribution in [-0.2, 0) is 31.0 Å². The summed E-state index contributed by atoms with van der Waals surface area (Å²) >= 11 is 0. The highest BCUT2D eigenvalue weighted by Crippen LogP contribution is 2.32. The van der Waals surface area contributed by atoms with Gasteiger partial charge in [0, 0.05) is 25.8 Å². The molecule has 0 atom stereocenters. The maximum atomic E-state index is 12.6. The summed E-state index contributed by atoms with van der Waals surface area (Å²) < 4.78 is 69.8. The summed E-state index contributed by atoms with van der Waals surface area (Å²) in [4.78, 5) is 0.0572. The summed E-state index contributed by atoms with van der Waals surface area (Å²) in [6.45, 7) is 1.31. The van der Waals surface area contributed by atoms with Gasteiger partial charge in [0.05, 0.1) is 15.5 Å². The van der Waals surface area contributed by atoms with E-state index in [1.165, 1.54) is 30.5 Å². The summed E-state index contributed by atoms with van der Waals surface area (Å²) in [5.41, 5.74) is 0.831. The van der Waals surface area contributed by atoms with Gasteiger partial charge in [-0.25, -0.2) is 8.42 Å². The van der Waals surface area contributed by atoms with Gasteiger partial charge in [0.2, 0.25) is 6.79 Å². The molecule has 0 unspecified atom stereocenters. The van der Waals surface area contributed by atoms with Gasteiger partial charge in [-0.05, 0) is 60.7 Å². The largest absolute Gasteiger partial charge is 0.454 e. The van der Waals surface area contributed by atoms with E-state index in [1.807, 2.05) is 6.07 Å². The number of benzene rings is 2. The number of rotatable bonds is 7. The lowest BCUT2D eigenvalue weighted by atomic mass is 10.0. The first-order valence-electron chi connectivity index (χ1n) is 9.91. The van der Waals surface area contributed by atoms with E-state index in [4.69, 9.17) is 14.2 Å². The Morgan fingerprint density at radius 3 is 2.32 bits per heavy atom. The number of hydrogen-bond acceptors (Lipinski definition) is 7. The van der Waals surface area contributed by atoms with Crippen molar-refractivity contribution in [3.05, 3.63) is 48.0 Å². The van der Waals surface area contributed by atoms with Crippen LogP contribution in [0.25, 0.3) is 0 Å². The summed E-state index contributed by atoms with van der Waals surface area (Å²) in [5, 5.41) is 0. The lowest BCUT2D eigenvalue weighted by Gasteiger charge is -2.21. The molecule has 0 bridgehead atoms. The second-order valence-corrected chi connectivity index (χ2v) is 11.1. The highest BCUT2D eigenvalue weighted by Gasteiger charge is 2.24. The Morgan fingerprint density at radius 2 is 1.58 bits per heavy atom. The Kier molecular flexibility index (Phi) is 6.31. The number of sulfone groups is 1. The number of ether oxygens (including phenoxy) is 3. The first-order valence-corrected chi connectivity index (χ1v) is 13.0. The van der Waals surface area contributed by atoms with Crippen molar-refractivity contribution >= 4 is 26.1 Å². The minimum atomic E-state index is -3.93. The van der Waals surface area contributed by atoms with Gasteiger partial charge in [0.25, 0.3) is 10.0 Å². The topological polar surface area (TPSA) is 108 Å². The third-order valence-electron chi connectivity index (χ3n) is 5.25. The molecule has 2 aromatic rings. The van der Waals surface area contributed by atoms with Crippen LogP contribution in [0.4, 0.5) is 0 Å². The quantitative estimate of drug-likeness (QED) is 0.578. The molecule has 166 valence electrons. The zero-order valence-electron chi connectivity index (χ0n) is 16.8. The molecule has 0 N–H and O–H groups in total. The molecule has 0 radical (unpaired) electrons. The summed E-state index contributed by atoms with van der Waals surface area (Å²) in [6, 6.07) is 10.6. The van der Waals surface area contributed by atoms with Crippen molar-refractivity contribution in [2.45, 2.75) is 29.1 Å². The van der Waals surface area contributed by atoms with Crippen LogP contribution >= 0.6 is 0 Å². The van der Waals surface area contributed by atoms with Crippen molar-refractivity contribution in [1.29, 1.82) is 0 Å². The highest BCUT2D eigenvalue weighted by molar-refractivity contribution is 7.91. The van der Waals surface area contributed by atoms with Crippen LogP contribution in [-0.4, -0.2) is 48.8 Å². The molecule has 2 aliphatic rings. The molecule has 1 saturated heterocycles. The molecule has 2 heterocycles. The van der Waals surface area contributed by atoms with E-state index < -0.39 is 19.9 Å². The van der Waals surface area contributed by atoms with Gasteiger partial charge in [-0.2, -0.15) is 12.8 Å². The van der Waals surface area contributed by atoms with Gasteiger partial charge < -0.3 is 14.2 Å². The maximum Gasteiger partial charge on any atom is 0.281 e. The molecule has 0 aromatic heterocycles. The van der Waals surface area contributed by atoms with Crippen molar-refractivity contribution in [3.63, 3.8) is 0 Å². The van der Waals surface area contributed by atoms with Gasteiger partial charge in [0.1, 0.15) is 0 Å². The van der Waals surface area contributed by atoms with E-state index >= 15 is 0 Å². The van der Waals surface area contributed by atoms with Crippen molar-refractivity contribution < 1.29 is 31.0 Å². The SMILES string of the molecule is O=S(=O)(CC1CCOCC1)c1ccc(S(=O)(=O)N=CCc2ccc3c(c2)OCO3)cc1. The van der Waals surface area contributed by atoms with Crippen LogP contribution < -0.4 is 9.47 Å². The minimum absolute atomic E-state index is 0.0378. The Morgan fingerprint density at radius 1 is 0.903 bits per heavy atom. The standard InChI is InChI=1S/C21H23NO7S2/c23-30(24,14-17-8-11-27-12-9-17)18-2-4-19(5-3-18)31(25,26)22-10-7-16-1-6-20-21(13-16)29-15-28-20/h1-6,10,13,17H,7-9,11-12,14-15H2. The maximum absolute atomic E-state index is 12.6. The molecule has 4 rings (SSSR count). The third-order valence-corrected chi connectivity index (χ3v) is 8.45. The minimum Gasteiger partial charge on any atom is -0.454 e. The van der Waals surface area contributed by atoms with Crippen LogP contribution in [0.1, 0.15) is 18.4 Å². The van der Waals surface area contributed by atoms with E-state index in [0.717, 1.165) is 5.56 Å². The molecular formula is C21H23NO7S2. The predicted molar refractivity (Wildman–Crippen MR) is 114 cm³/mol. The molecule has 0 aliphatic carbocycles. The molecule has 31 heavy (non-hydrogen) atoms. The lowest BCUT2D eigenvalue weighted by Crippen LogP contribution is -2.23. The summed E-state index contributed by atoms with van der Waals surface area (Å²) in [6.07, 6.45) is 3.03. The molecule has 1 fully saturated rings. The predicted octanol–water partition coefficient (Wildman–Crippen LogP) is 2.62. The van der Waals surface area contributed by atoms with E-state index in [9.17, 15) is 16.8 Å². The smallest absolute Gasteiger partial charge is 0.281 e. The molecule has 0 amide bonds. The van der Waals surface area contributed by atoms with Gasteiger partial charge in [-0.3, -0.25) is 0 Å². The summed E-state index contributed by atoms with van der Waals surface area (Å²) in [5.74, 6) is 1.37. The zero-order valence-corrected chi connectivity index (χ0v) is 18.4. The van der Waals surface area contributed by atoms with Crippen LogP contribution in [0.2, 0.25) is 0 Å². The third kappa shape index (κ3) is 5.25. The lowest BCUT2D eigenvalue weighted by molar-refractivity contribution is 0.0723. The van der Waals surface area contributed by atoms with Gasteiger partial charge in [-0.15, -0.1) is 0 Å². The van der Waals surface area contributed by atoms with Crippen LogP contribution in [0.5, 0.6) is 11.5 Å². The normalized spacial score (nSPS) is 17.3. The van der Waals surface area contributed by atoms with Crippen LogP contribution in [0.15, 0.2) is 56.7 Å². The fourth-order valence-electron chi connectivity index (χ4n) is 3.51. The Hall–Kier alpha value is -2.43. The highest BCUT2D eigenvalue weighted by atomic mass is 32.2. The van der Waals surface area contributed by atoms with Gasteiger partial charge in [-0.1, -0.05) is 6.07 Å². The van der Waals surface area contributed by atoms with E-state index in [2.05, 4.69) is 4.40 Å². The Bertz CT molecular complexity index is 1170. The second kappa shape index (κ2) is 8.97. The molecular weight excluding hydrogens is 442 g/mol. The molecule has 8 nitrogen and oxygen atoms in total. The van der Waals surface area contributed by atoms with E-state index in [1.54, 1.807) is 12.1 Å². The molecule has 10 heteroatoms.